The number of aromatic nitrogens is 2. The second-order valence-corrected chi connectivity index (χ2v) is 7.25. The second kappa shape index (κ2) is 8.30. The maximum absolute atomic E-state index is 13.2. The Balaban J connectivity index is 2.03. The number of imidazole rings is 1. The molecule has 2 aromatic carbocycles. The third kappa shape index (κ3) is 3.64. The van der Waals surface area contributed by atoms with Gasteiger partial charge in [0.15, 0.2) is 5.75 Å². The largest absolute Gasteiger partial charge is 0.481 e. The van der Waals surface area contributed by atoms with Gasteiger partial charge in [-0.15, -0.1) is 0 Å². The van der Waals surface area contributed by atoms with Gasteiger partial charge in [0.1, 0.15) is 17.9 Å². The van der Waals surface area contributed by atoms with Crippen LogP contribution in [0, 0.1) is 11.8 Å². The van der Waals surface area contributed by atoms with Crippen molar-refractivity contribution >= 4 is 22.9 Å². The normalized spacial score (nSPS) is 15.1. The molecule has 0 aliphatic carbocycles. The highest BCUT2D eigenvalue weighted by atomic mass is 19.3. The van der Waals surface area contributed by atoms with Gasteiger partial charge in [-0.2, -0.15) is 8.78 Å². The fourth-order valence-electron chi connectivity index (χ4n) is 3.93. The number of rotatable bonds is 4. The number of aliphatic carboxylic acids is 1. The van der Waals surface area contributed by atoms with Crippen LogP contribution in [0.25, 0.3) is 16.7 Å². The fourth-order valence-corrected chi connectivity index (χ4v) is 3.93. The van der Waals surface area contributed by atoms with Gasteiger partial charge in [0.05, 0.1) is 22.6 Å². The lowest BCUT2D eigenvalue weighted by molar-refractivity contribution is -0.135. The Morgan fingerprint density at radius 3 is 2.78 bits per heavy atom. The van der Waals surface area contributed by atoms with Gasteiger partial charge in [-0.1, -0.05) is 24.8 Å². The minimum absolute atomic E-state index is 0.140. The summed E-state index contributed by atoms with van der Waals surface area (Å²) < 4.78 is 32.8. The number of fused-ring (bicyclic) bond motifs is 5. The van der Waals surface area contributed by atoms with E-state index in [0.717, 1.165) is 0 Å². The standard InChI is InChI=1S/C23H19F2N3O4/c1-3-16-21-26-15-11-10-13(6-4-9-19(29)30)12-17(15)28(21)20-14(22(31)27(16)2)7-5-8-18(20)32-23(24)25/h5,7-8,10-12,16,23H,3,9H2,1-2H3,(H,29,30). The van der Waals surface area contributed by atoms with E-state index in [1.807, 2.05) is 6.92 Å². The molecule has 164 valence electrons. The summed E-state index contributed by atoms with van der Waals surface area (Å²) in [6.45, 7) is -1.16. The van der Waals surface area contributed by atoms with Crippen molar-refractivity contribution in [2.75, 3.05) is 7.05 Å². The molecule has 0 fully saturated rings. The number of benzene rings is 2. The molecule has 3 aromatic rings. The summed E-state index contributed by atoms with van der Waals surface area (Å²) in [5.41, 5.74) is 2.07. The van der Waals surface area contributed by atoms with Gasteiger partial charge < -0.3 is 14.7 Å². The van der Waals surface area contributed by atoms with Crippen LogP contribution in [-0.4, -0.2) is 45.1 Å². The van der Waals surface area contributed by atoms with Gasteiger partial charge in [0, 0.05) is 12.6 Å². The quantitative estimate of drug-likeness (QED) is 0.622. The van der Waals surface area contributed by atoms with E-state index in [1.54, 1.807) is 40.8 Å². The zero-order valence-electron chi connectivity index (χ0n) is 17.3. The molecule has 0 spiro atoms. The molecule has 1 aliphatic heterocycles. The molecule has 32 heavy (non-hydrogen) atoms. The molecule has 0 saturated carbocycles. The predicted octanol–water partition coefficient (Wildman–Crippen LogP) is 3.99. The predicted molar refractivity (Wildman–Crippen MR) is 112 cm³/mol. The third-order valence-corrected chi connectivity index (χ3v) is 5.29. The van der Waals surface area contributed by atoms with Crippen molar-refractivity contribution in [1.29, 1.82) is 0 Å². The number of nitrogens with zero attached hydrogens (tertiary/aromatic N) is 3. The van der Waals surface area contributed by atoms with Crippen molar-refractivity contribution in [3.8, 4) is 23.3 Å². The molecule has 4 rings (SSSR count). The summed E-state index contributed by atoms with van der Waals surface area (Å²) >= 11 is 0. The highest BCUT2D eigenvalue weighted by molar-refractivity contribution is 6.00. The first-order chi connectivity index (χ1) is 15.3. The number of carboxylic acids is 1. The molecule has 1 aliphatic rings. The Labute approximate surface area is 182 Å². The number of halogens is 2. The maximum Gasteiger partial charge on any atom is 0.387 e. The number of carbonyl (C=O) groups excluding carboxylic acids is 1. The number of alkyl halides is 2. The number of hydrogen-bond donors (Lipinski definition) is 1. The minimum atomic E-state index is -3.07. The van der Waals surface area contributed by atoms with Crippen LogP contribution >= 0.6 is 0 Å². The second-order valence-electron chi connectivity index (χ2n) is 7.25. The molecule has 1 N–H and O–H groups in total. The first-order valence-corrected chi connectivity index (χ1v) is 9.90. The van der Waals surface area contributed by atoms with Crippen molar-refractivity contribution < 1.29 is 28.2 Å². The van der Waals surface area contributed by atoms with Gasteiger partial charge in [-0.3, -0.25) is 14.2 Å². The maximum atomic E-state index is 13.2. The smallest absolute Gasteiger partial charge is 0.387 e. The Kier molecular flexibility index (Phi) is 5.53. The molecule has 0 bridgehead atoms. The van der Waals surface area contributed by atoms with Crippen LogP contribution in [0.5, 0.6) is 5.75 Å². The third-order valence-electron chi connectivity index (χ3n) is 5.29. The van der Waals surface area contributed by atoms with E-state index in [-0.39, 0.29) is 29.3 Å². The van der Waals surface area contributed by atoms with Gasteiger partial charge >= 0.3 is 12.6 Å². The lowest BCUT2D eigenvalue weighted by atomic mass is 10.1. The van der Waals surface area contributed by atoms with E-state index < -0.39 is 18.6 Å². The molecule has 1 atom stereocenters. The molecule has 1 aromatic heterocycles. The summed E-state index contributed by atoms with van der Waals surface area (Å²) in [6, 6.07) is 9.19. The van der Waals surface area contributed by atoms with Crippen LogP contribution < -0.4 is 4.74 Å². The summed E-state index contributed by atoms with van der Waals surface area (Å²) in [5.74, 6) is 4.38. The van der Waals surface area contributed by atoms with E-state index in [2.05, 4.69) is 11.8 Å². The molecule has 0 saturated heterocycles. The number of amides is 1. The zero-order chi connectivity index (χ0) is 23.0. The van der Waals surface area contributed by atoms with Crippen LogP contribution in [0.4, 0.5) is 8.78 Å². The summed E-state index contributed by atoms with van der Waals surface area (Å²) in [5, 5.41) is 8.81. The Morgan fingerprint density at radius 1 is 1.31 bits per heavy atom. The SMILES string of the molecule is CCC1c2nc3ccc(C#CCC(=O)O)cc3n2-c2c(OC(F)F)cccc2C(=O)N1C. The fraction of sp³-hybridized carbons (Fsp3) is 0.261. The van der Waals surface area contributed by atoms with E-state index in [9.17, 15) is 18.4 Å². The topological polar surface area (TPSA) is 84.7 Å². The minimum Gasteiger partial charge on any atom is -0.481 e. The van der Waals surface area contributed by atoms with Crippen LogP contribution in [0.2, 0.25) is 0 Å². The zero-order valence-corrected chi connectivity index (χ0v) is 17.3. The number of ether oxygens (including phenoxy) is 1. The molecule has 9 heteroatoms. The van der Waals surface area contributed by atoms with Crippen LogP contribution in [0.1, 0.15) is 47.6 Å². The number of carboxylic acid groups (broad SMARTS) is 1. The Morgan fingerprint density at radius 2 is 2.09 bits per heavy atom. The monoisotopic (exact) mass is 439 g/mol. The van der Waals surface area contributed by atoms with Crippen LogP contribution in [0.15, 0.2) is 36.4 Å². The van der Waals surface area contributed by atoms with E-state index in [4.69, 9.17) is 14.8 Å². The van der Waals surface area contributed by atoms with Crippen LogP contribution in [-0.2, 0) is 4.79 Å². The van der Waals surface area contributed by atoms with Crippen LogP contribution in [0.3, 0.4) is 0 Å². The lowest BCUT2D eigenvalue weighted by Gasteiger charge is -2.24. The Hall–Kier alpha value is -3.93. The molecule has 1 amide bonds. The molecule has 2 heterocycles. The van der Waals surface area contributed by atoms with Gasteiger partial charge in [0.25, 0.3) is 5.91 Å². The number of hydrogen-bond acceptors (Lipinski definition) is 4. The van der Waals surface area contributed by atoms with E-state index in [1.165, 1.54) is 12.1 Å². The van der Waals surface area contributed by atoms with Crippen molar-refractivity contribution in [1.82, 2.24) is 14.5 Å². The average molecular weight is 439 g/mol. The van der Waals surface area contributed by atoms with Gasteiger partial charge in [0.2, 0.25) is 0 Å². The number of para-hydroxylation sites is 1. The molecular formula is C23H19F2N3O4. The van der Waals surface area contributed by atoms with Crippen molar-refractivity contribution in [3.05, 3.63) is 53.3 Å². The highest BCUT2D eigenvalue weighted by Crippen LogP contribution is 2.40. The highest BCUT2D eigenvalue weighted by Gasteiger charge is 2.35. The molecule has 7 nitrogen and oxygen atoms in total. The average Bonchev–Trinajstić information content (AvgIpc) is 3.07. The first kappa shape index (κ1) is 21.3. The molecule has 0 radical (unpaired) electrons. The van der Waals surface area contributed by atoms with Crippen molar-refractivity contribution in [2.24, 2.45) is 0 Å². The number of carbonyl (C=O) groups is 2. The van der Waals surface area contributed by atoms with Gasteiger partial charge in [-0.05, 0) is 36.8 Å². The molecular weight excluding hydrogens is 420 g/mol. The van der Waals surface area contributed by atoms with Crippen molar-refractivity contribution in [3.63, 3.8) is 0 Å². The molecule has 1 unspecified atom stereocenters. The van der Waals surface area contributed by atoms with E-state index in [0.29, 0.717) is 28.8 Å². The first-order valence-electron chi connectivity index (χ1n) is 9.90. The van der Waals surface area contributed by atoms with Crippen molar-refractivity contribution in [2.45, 2.75) is 32.4 Å². The summed E-state index contributed by atoms with van der Waals surface area (Å²) in [6.07, 6.45) is 0.241. The summed E-state index contributed by atoms with van der Waals surface area (Å²) in [7, 11) is 1.65. The van der Waals surface area contributed by atoms with Gasteiger partial charge in [-0.25, -0.2) is 4.98 Å². The van der Waals surface area contributed by atoms with E-state index >= 15 is 0 Å². The lowest BCUT2D eigenvalue weighted by Crippen LogP contribution is -2.30. The summed E-state index contributed by atoms with van der Waals surface area (Å²) in [4.78, 5) is 30.2. The Bertz CT molecular complexity index is 1290.